The molecule has 2 heterocycles. The van der Waals surface area contributed by atoms with Gasteiger partial charge in [0.15, 0.2) is 5.41 Å². The first-order valence-corrected chi connectivity index (χ1v) is 7.53. The van der Waals surface area contributed by atoms with E-state index in [0.29, 0.717) is 5.70 Å². The van der Waals surface area contributed by atoms with Gasteiger partial charge in [-0.2, -0.15) is 0 Å². The summed E-state index contributed by atoms with van der Waals surface area (Å²) in [6.07, 6.45) is 1.77. The lowest BCUT2D eigenvalue weighted by atomic mass is 9.81. The van der Waals surface area contributed by atoms with Gasteiger partial charge in [-0.25, -0.2) is 0 Å². The van der Waals surface area contributed by atoms with Crippen LogP contribution in [0, 0.1) is 6.92 Å². The Bertz CT molecular complexity index is 867. The molecule has 0 unspecified atom stereocenters. The molecule has 1 atom stereocenters. The summed E-state index contributed by atoms with van der Waals surface area (Å²) >= 11 is 0. The van der Waals surface area contributed by atoms with Crippen LogP contribution in [0.25, 0.3) is 5.70 Å². The van der Waals surface area contributed by atoms with Gasteiger partial charge in [-0.15, -0.1) is 0 Å². The minimum atomic E-state index is -1.24. The van der Waals surface area contributed by atoms with Crippen LogP contribution in [0.2, 0.25) is 0 Å². The van der Waals surface area contributed by atoms with E-state index < -0.39 is 5.41 Å². The molecule has 2 aromatic rings. The van der Waals surface area contributed by atoms with Gasteiger partial charge >= 0.3 is 0 Å². The SMILES string of the molecule is Cc1ccc(C2=C[C@@]3(C(=O)N2)C(=O)N(C)c2ccccc23)cc1. The molecule has 1 N–H and O–H groups in total. The van der Waals surface area contributed by atoms with Gasteiger partial charge in [0.2, 0.25) is 5.91 Å². The van der Waals surface area contributed by atoms with Gasteiger partial charge in [0.1, 0.15) is 0 Å². The van der Waals surface area contributed by atoms with Crippen molar-refractivity contribution in [3.05, 3.63) is 71.3 Å². The van der Waals surface area contributed by atoms with E-state index in [9.17, 15) is 9.59 Å². The van der Waals surface area contributed by atoms with Gasteiger partial charge < -0.3 is 10.2 Å². The largest absolute Gasteiger partial charge is 0.324 e. The third-order valence-electron chi connectivity index (χ3n) is 4.66. The molecule has 2 amide bonds. The summed E-state index contributed by atoms with van der Waals surface area (Å²) in [6.45, 7) is 2.01. The topological polar surface area (TPSA) is 49.4 Å². The number of anilines is 1. The third kappa shape index (κ3) is 1.72. The molecule has 0 fully saturated rings. The first-order chi connectivity index (χ1) is 11.0. The quantitative estimate of drug-likeness (QED) is 0.822. The second-order valence-electron chi connectivity index (χ2n) is 6.07. The molecule has 0 aromatic heterocycles. The lowest BCUT2D eigenvalue weighted by Gasteiger charge is -2.17. The number of carbonyl (C=O) groups excluding carboxylic acids is 2. The van der Waals surface area contributed by atoms with E-state index in [4.69, 9.17) is 0 Å². The van der Waals surface area contributed by atoms with Gasteiger partial charge in [-0.05, 0) is 24.6 Å². The monoisotopic (exact) mass is 304 g/mol. The molecule has 0 bridgehead atoms. The molecule has 4 rings (SSSR count). The van der Waals surface area contributed by atoms with Crippen LogP contribution < -0.4 is 10.2 Å². The lowest BCUT2D eigenvalue weighted by molar-refractivity contribution is -0.131. The Morgan fingerprint density at radius 3 is 2.43 bits per heavy atom. The number of amides is 2. The molecule has 0 aliphatic carbocycles. The Hall–Kier alpha value is -2.88. The van der Waals surface area contributed by atoms with Crippen LogP contribution in [0.4, 0.5) is 5.69 Å². The van der Waals surface area contributed by atoms with Gasteiger partial charge in [0, 0.05) is 24.0 Å². The van der Waals surface area contributed by atoms with Crippen molar-refractivity contribution in [2.24, 2.45) is 0 Å². The van der Waals surface area contributed by atoms with E-state index in [1.807, 2.05) is 55.5 Å². The number of rotatable bonds is 1. The molecule has 4 nitrogen and oxygen atoms in total. The van der Waals surface area contributed by atoms with Crippen LogP contribution in [-0.2, 0) is 15.0 Å². The lowest BCUT2D eigenvalue weighted by Crippen LogP contribution is -2.44. The second kappa shape index (κ2) is 4.56. The molecule has 2 aromatic carbocycles. The Morgan fingerprint density at radius 2 is 1.70 bits per heavy atom. The van der Waals surface area contributed by atoms with Gasteiger partial charge in [-0.1, -0.05) is 48.0 Å². The Labute approximate surface area is 134 Å². The predicted molar refractivity (Wildman–Crippen MR) is 88.8 cm³/mol. The molecule has 23 heavy (non-hydrogen) atoms. The van der Waals surface area contributed by atoms with E-state index in [1.54, 1.807) is 18.0 Å². The number of carbonyl (C=O) groups is 2. The first kappa shape index (κ1) is 13.8. The average Bonchev–Trinajstić information content (AvgIpc) is 3.01. The molecule has 4 heteroatoms. The minimum Gasteiger partial charge on any atom is -0.324 e. The maximum absolute atomic E-state index is 12.8. The highest BCUT2D eigenvalue weighted by molar-refractivity contribution is 6.27. The van der Waals surface area contributed by atoms with Crippen LogP contribution in [0.3, 0.4) is 0 Å². The molecular formula is C19H16N2O2. The number of fused-ring (bicyclic) bond motifs is 2. The number of nitrogens with one attached hydrogen (secondary N) is 1. The average molecular weight is 304 g/mol. The highest BCUT2D eigenvalue weighted by Gasteiger charge is 2.56. The van der Waals surface area contributed by atoms with Crippen molar-refractivity contribution in [2.75, 3.05) is 11.9 Å². The van der Waals surface area contributed by atoms with E-state index in [-0.39, 0.29) is 11.8 Å². The van der Waals surface area contributed by atoms with E-state index in [2.05, 4.69) is 5.32 Å². The summed E-state index contributed by atoms with van der Waals surface area (Å²) in [5, 5.41) is 2.89. The fourth-order valence-electron chi connectivity index (χ4n) is 3.38. The van der Waals surface area contributed by atoms with Crippen LogP contribution in [0.5, 0.6) is 0 Å². The van der Waals surface area contributed by atoms with Gasteiger partial charge in [0.25, 0.3) is 5.91 Å². The van der Waals surface area contributed by atoms with Crippen molar-refractivity contribution in [3.8, 4) is 0 Å². The summed E-state index contributed by atoms with van der Waals surface area (Å²) in [5.74, 6) is -0.492. The van der Waals surface area contributed by atoms with E-state index >= 15 is 0 Å². The van der Waals surface area contributed by atoms with Crippen molar-refractivity contribution >= 4 is 23.2 Å². The van der Waals surface area contributed by atoms with Crippen molar-refractivity contribution in [3.63, 3.8) is 0 Å². The number of nitrogens with zero attached hydrogens (tertiary/aromatic N) is 1. The third-order valence-corrected chi connectivity index (χ3v) is 4.66. The van der Waals surface area contributed by atoms with E-state index in [0.717, 1.165) is 22.4 Å². The molecule has 0 saturated carbocycles. The fourth-order valence-corrected chi connectivity index (χ4v) is 3.38. The van der Waals surface area contributed by atoms with Crippen molar-refractivity contribution in [1.82, 2.24) is 5.32 Å². The fraction of sp³-hybridized carbons (Fsp3) is 0.158. The number of likely N-dealkylation sites (N-methyl/N-ethyl adjacent to an activating group) is 1. The first-order valence-electron chi connectivity index (χ1n) is 7.53. The Morgan fingerprint density at radius 1 is 1.00 bits per heavy atom. The predicted octanol–water partition coefficient (Wildman–Crippen LogP) is 2.38. The smallest absolute Gasteiger partial charge is 0.251 e. The van der Waals surface area contributed by atoms with Crippen molar-refractivity contribution in [1.29, 1.82) is 0 Å². The highest BCUT2D eigenvalue weighted by atomic mass is 16.2. The van der Waals surface area contributed by atoms with Gasteiger partial charge in [0.05, 0.1) is 0 Å². The summed E-state index contributed by atoms with van der Waals surface area (Å²) < 4.78 is 0. The van der Waals surface area contributed by atoms with Crippen LogP contribution in [-0.4, -0.2) is 18.9 Å². The number of aryl methyl sites for hydroxylation is 1. The van der Waals surface area contributed by atoms with E-state index in [1.165, 1.54) is 0 Å². The summed E-state index contributed by atoms with van der Waals surface area (Å²) in [5.41, 5.74) is 3.02. The van der Waals surface area contributed by atoms with Crippen LogP contribution in [0.15, 0.2) is 54.6 Å². The zero-order valence-electron chi connectivity index (χ0n) is 13.0. The number of hydrogen-bond donors (Lipinski definition) is 1. The van der Waals surface area contributed by atoms with Crippen molar-refractivity contribution < 1.29 is 9.59 Å². The zero-order chi connectivity index (χ0) is 16.2. The Kier molecular flexibility index (Phi) is 2.73. The Balaban J connectivity index is 1.90. The summed E-state index contributed by atoms with van der Waals surface area (Å²) in [4.78, 5) is 27.2. The van der Waals surface area contributed by atoms with Crippen LogP contribution in [0.1, 0.15) is 16.7 Å². The molecule has 0 radical (unpaired) electrons. The summed E-state index contributed by atoms with van der Waals surface area (Å²) in [7, 11) is 1.71. The standard InChI is InChI=1S/C19H16N2O2/c1-12-7-9-13(10-8-12)15-11-19(17(22)20-15)14-5-3-4-6-16(14)21(2)18(19)23/h3-11H,1-2H3,(H,20,22)/t19-/m1/s1. The molecule has 1 spiro atoms. The molecule has 2 aliphatic heterocycles. The van der Waals surface area contributed by atoms with Crippen molar-refractivity contribution in [2.45, 2.75) is 12.3 Å². The molecule has 2 aliphatic rings. The van der Waals surface area contributed by atoms with Gasteiger partial charge in [-0.3, -0.25) is 9.59 Å². The molecule has 114 valence electrons. The maximum atomic E-state index is 12.8. The molecule has 0 saturated heterocycles. The summed E-state index contributed by atoms with van der Waals surface area (Å²) in [6, 6.07) is 15.3. The zero-order valence-corrected chi connectivity index (χ0v) is 13.0. The number of para-hydroxylation sites is 1. The minimum absolute atomic E-state index is 0.210. The molecular weight excluding hydrogens is 288 g/mol. The highest BCUT2D eigenvalue weighted by Crippen LogP contribution is 2.46. The normalized spacial score (nSPS) is 22.3. The second-order valence-corrected chi connectivity index (χ2v) is 6.07. The maximum Gasteiger partial charge on any atom is 0.251 e. The number of hydrogen-bond acceptors (Lipinski definition) is 2. The number of benzene rings is 2. The van der Waals surface area contributed by atoms with Crippen LogP contribution >= 0.6 is 0 Å².